The molecular weight excluding hydrogens is 316 g/mol. The van der Waals surface area contributed by atoms with Crippen LogP contribution >= 0.6 is 0 Å². The SMILES string of the molecule is CCc1ccc(NC(N)=NCc2ccc(OC)c(NC(C)=O)c2)cc1. The van der Waals surface area contributed by atoms with E-state index in [2.05, 4.69) is 34.7 Å². The minimum absolute atomic E-state index is 0.157. The predicted molar refractivity (Wildman–Crippen MR) is 102 cm³/mol. The topological polar surface area (TPSA) is 88.7 Å². The number of methoxy groups -OCH3 is 1. The fraction of sp³-hybridized carbons (Fsp3) is 0.263. The largest absolute Gasteiger partial charge is 0.495 e. The molecule has 2 aromatic carbocycles. The zero-order valence-electron chi connectivity index (χ0n) is 14.8. The van der Waals surface area contributed by atoms with Crippen molar-refractivity contribution in [2.45, 2.75) is 26.8 Å². The van der Waals surface area contributed by atoms with Gasteiger partial charge in [0.2, 0.25) is 5.91 Å². The highest BCUT2D eigenvalue weighted by Crippen LogP contribution is 2.25. The summed E-state index contributed by atoms with van der Waals surface area (Å²) in [5.74, 6) is 0.779. The monoisotopic (exact) mass is 340 g/mol. The molecule has 0 saturated heterocycles. The Kier molecular flexibility index (Phi) is 6.39. The number of anilines is 2. The van der Waals surface area contributed by atoms with Crippen LogP contribution in [0.2, 0.25) is 0 Å². The van der Waals surface area contributed by atoms with Gasteiger partial charge in [-0.3, -0.25) is 4.79 Å². The number of guanidine groups is 1. The van der Waals surface area contributed by atoms with Gasteiger partial charge in [-0.15, -0.1) is 0 Å². The molecule has 0 radical (unpaired) electrons. The van der Waals surface area contributed by atoms with Crippen LogP contribution in [0, 0.1) is 0 Å². The first-order chi connectivity index (χ1) is 12.0. The highest BCUT2D eigenvalue weighted by Gasteiger charge is 2.06. The smallest absolute Gasteiger partial charge is 0.221 e. The molecule has 0 spiro atoms. The number of nitrogens with two attached hydrogens (primary N) is 1. The molecule has 0 aromatic heterocycles. The van der Waals surface area contributed by atoms with Crippen molar-refractivity contribution in [1.29, 1.82) is 0 Å². The molecule has 6 heteroatoms. The Morgan fingerprint density at radius 1 is 1.12 bits per heavy atom. The summed E-state index contributed by atoms with van der Waals surface area (Å²) < 4.78 is 5.24. The molecule has 0 atom stereocenters. The van der Waals surface area contributed by atoms with Crippen molar-refractivity contribution in [3.63, 3.8) is 0 Å². The van der Waals surface area contributed by atoms with Crippen LogP contribution in [0.25, 0.3) is 0 Å². The summed E-state index contributed by atoms with van der Waals surface area (Å²) >= 11 is 0. The van der Waals surface area contributed by atoms with E-state index >= 15 is 0 Å². The van der Waals surface area contributed by atoms with E-state index in [4.69, 9.17) is 10.5 Å². The molecular formula is C19H24N4O2. The number of benzene rings is 2. The van der Waals surface area contributed by atoms with Crippen LogP contribution in [-0.2, 0) is 17.8 Å². The molecule has 0 bridgehead atoms. The summed E-state index contributed by atoms with van der Waals surface area (Å²) in [4.78, 5) is 15.6. The van der Waals surface area contributed by atoms with E-state index in [0.29, 0.717) is 23.9 Å². The average Bonchev–Trinajstić information content (AvgIpc) is 2.60. The molecule has 4 N–H and O–H groups in total. The highest BCUT2D eigenvalue weighted by atomic mass is 16.5. The molecule has 0 unspecified atom stereocenters. The van der Waals surface area contributed by atoms with E-state index in [1.165, 1.54) is 12.5 Å². The molecule has 2 rings (SSSR count). The Morgan fingerprint density at radius 3 is 2.40 bits per heavy atom. The van der Waals surface area contributed by atoms with E-state index in [0.717, 1.165) is 17.7 Å². The summed E-state index contributed by atoms with van der Waals surface area (Å²) in [7, 11) is 1.56. The van der Waals surface area contributed by atoms with Crippen LogP contribution in [0.15, 0.2) is 47.5 Å². The van der Waals surface area contributed by atoms with Gasteiger partial charge in [-0.25, -0.2) is 4.99 Å². The Hall–Kier alpha value is -3.02. The van der Waals surface area contributed by atoms with E-state index in [9.17, 15) is 4.79 Å². The molecule has 0 aliphatic carbocycles. The second-order valence-electron chi connectivity index (χ2n) is 5.59. The van der Waals surface area contributed by atoms with Crippen LogP contribution in [0.4, 0.5) is 11.4 Å². The number of nitrogens with one attached hydrogen (secondary N) is 2. The molecule has 1 amide bonds. The first-order valence-electron chi connectivity index (χ1n) is 8.12. The summed E-state index contributed by atoms with van der Waals surface area (Å²) in [5.41, 5.74) is 9.64. The van der Waals surface area contributed by atoms with Crippen molar-refractivity contribution in [3.8, 4) is 5.75 Å². The van der Waals surface area contributed by atoms with Gasteiger partial charge >= 0.3 is 0 Å². The second kappa shape index (κ2) is 8.73. The zero-order chi connectivity index (χ0) is 18.2. The molecule has 0 aliphatic heterocycles. The summed E-state index contributed by atoms with van der Waals surface area (Å²) in [5, 5.41) is 5.81. The van der Waals surface area contributed by atoms with Gasteiger partial charge in [-0.05, 0) is 41.8 Å². The van der Waals surface area contributed by atoms with Gasteiger partial charge in [0.1, 0.15) is 5.75 Å². The lowest BCUT2D eigenvalue weighted by Crippen LogP contribution is -2.22. The van der Waals surface area contributed by atoms with Gasteiger partial charge in [-0.1, -0.05) is 25.1 Å². The molecule has 132 valence electrons. The number of rotatable bonds is 6. The lowest BCUT2D eigenvalue weighted by Gasteiger charge is -2.11. The Balaban J connectivity index is 2.05. The number of hydrogen-bond donors (Lipinski definition) is 3. The fourth-order valence-corrected chi connectivity index (χ4v) is 2.33. The number of aliphatic imine (C=N–C) groups is 1. The van der Waals surface area contributed by atoms with Gasteiger partial charge in [-0.2, -0.15) is 0 Å². The van der Waals surface area contributed by atoms with E-state index in [1.807, 2.05) is 24.3 Å². The van der Waals surface area contributed by atoms with Gasteiger partial charge in [0.25, 0.3) is 0 Å². The zero-order valence-corrected chi connectivity index (χ0v) is 14.8. The quantitative estimate of drug-likeness (QED) is 0.557. The molecule has 2 aromatic rings. The second-order valence-corrected chi connectivity index (χ2v) is 5.59. The van der Waals surface area contributed by atoms with Gasteiger partial charge in [0.15, 0.2) is 5.96 Å². The third-order valence-electron chi connectivity index (χ3n) is 3.64. The van der Waals surface area contributed by atoms with Crippen molar-refractivity contribution < 1.29 is 9.53 Å². The summed E-state index contributed by atoms with van der Waals surface area (Å²) in [6.07, 6.45) is 0.998. The third-order valence-corrected chi connectivity index (χ3v) is 3.64. The number of carbonyl (C=O) groups excluding carboxylic acids is 1. The minimum atomic E-state index is -0.157. The summed E-state index contributed by atoms with van der Waals surface area (Å²) in [6.45, 7) is 3.96. The maximum atomic E-state index is 11.3. The molecule has 25 heavy (non-hydrogen) atoms. The van der Waals surface area contributed by atoms with Crippen molar-refractivity contribution in [1.82, 2.24) is 0 Å². The molecule has 0 aliphatic rings. The Labute approximate surface area is 148 Å². The standard InChI is InChI=1S/C19H24N4O2/c1-4-14-5-8-16(9-6-14)23-19(20)21-12-15-7-10-18(25-3)17(11-15)22-13(2)24/h5-11H,4,12H2,1-3H3,(H,22,24)(H3,20,21,23). The number of aryl methyl sites for hydroxylation is 1. The number of nitrogens with zero attached hydrogens (tertiary/aromatic N) is 1. The van der Waals surface area contributed by atoms with Crippen LogP contribution in [-0.4, -0.2) is 19.0 Å². The van der Waals surface area contributed by atoms with Crippen molar-refractivity contribution >= 4 is 23.2 Å². The normalized spacial score (nSPS) is 11.1. The van der Waals surface area contributed by atoms with Gasteiger partial charge < -0.3 is 21.1 Å². The maximum Gasteiger partial charge on any atom is 0.221 e. The van der Waals surface area contributed by atoms with Crippen molar-refractivity contribution in [2.75, 3.05) is 17.7 Å². The van der Waals surface area contributed by atoms with Crippen molar-refractivity contribution in [3.05, 3.63) is 53.6 Å². The lowest BCUT2D eigenvalue weighted by atomic mass is 10.1. The molecule has 0 saturated carbocycles. The minimum Gasteiger partial charge on any atom is -0.495 e. The number of amides is 1. The Bertz CT molecular complexity index is 755. The number of carbonyl (C=O) groups is 1. The highest BCUT2D eigenvalue weighted by molar-refractivity contribution is 5.92. The summed E-state index contributed by atoms with van der Waals surface area (Å²) in [6, 6.07) is 13.6. The van der Waals surface area contributed by atoms with E-state index in [1.54, 1.807) is 13.2 Å². The molecule has 6 nitrogen and oxygen atoms in total. The molecule has 0 fully saturated rings. The van der Waals surface area contributed by atoms with Crippen LogP contribution < -0.4 is 21.1 Å². The Morgan fingerprint density at radius 2 is 1.80 bits per heavy atom. The van der Waals surface area contributed by atoms with Crippen LogP contribution in [0.5, 0.6) is 5.75 Å². The lowest BCUT2D eigenvalue weighted by molar-refractivity contribution is -0.114. The first-order valence-corrected chi connectivity index (χ1v) is 8.12. The number of ether oxygens (including phenoxy) is 1. The van der Waals surface area contributed by atoms with Crippen LogP contribution in [0.1, 0.15) is 25.0 Å². The van der Waals surface area contributed by atoms with Gasteiger partial charge in [0, 0.05) is 12.6 Å². The van der Waals surface area contributed by atoms with Gasteiger partial charge in [0.05, 0.1) is 19.3 Å². The van der Waals surface area contributed by atoms with Crippen LogP contribution in [0.3, 0.4) is 0 Å². The van der Waals surface area contributed by atoms with Crippen molar-refractivity contribution in [2.24, 2.45) is 10.7 Å². The maximum absolute atomic E-state index is 11.3. The predicted octanol–water partition coefficient (Wildman–Crippen LogP) is 3.14. The fourth-order valence-electron chi connectivity index (χ4n) is 2.33. The van der Waals surface area contributed by atoms with E-state index < -0.39 is 0 Å². The molecule has 0 heterocycles. The average molecular weight is 340 g/mol. The van der Waals surface area contributed by atoms with E-state index in [-0.39, 0.29) is 5.91 Å². The third kappa shape index (κ3) is 5.53. The number of hydrogen-bond acceptors (Lipinski definition) is 3. The first kappa shape index (κ1) is 18.3.